The molecule has 0 saturated heterocycles. The van der Waals surface area contributed by atoms with Crippen LogP contribution in [0.1, 0.15) is 36.2 Å². The Balaban J connectivity index is 2.79. The van der Waals surface area contributed by atoms with Gasteiger partial charge in [0.2, 0.25) is 0 Å². The van der Waals surface area contributed by atoms with Gasteiger partial charge in [0.1, 0.15) is 6.04 Å². The number of rotatable bonds is 7. The molecule has 0 bridgehead atoms. The molecule has 6 nitrogen and oxygen atoms in total. The zero-order valence-corrected chi connectivity index (χ0v) is 13.6. The first-order valence-electron chi connectivity index (χ1n) is 7.43. The van der Waals surface area contributed by atoms with Crippen LogP contribution in [-0.2, 0) is 20.5 Å². The molecular weight excluding hydrogens is 343 g/mol. The average Bonchev–Trinajstić information content (AvgIpc) is 2.53. The van der Waals surface area contributed by atoms with E-state index in [0.29, 0.717) is 0 Å². The monoisotopic (exact) mass is 361 g/mol. The molecule has 2 atom stereocenters. The summed E-state index contributed by atoms with van der Waals surface area (Å²) in [7, 11) is 0. The van der Waals surface area contributed by atoms with Crippen molar-refractivity contribution >= 4 is 17.8 Å². The number of carbonyl (C=O) groups is 3. The SMILES string of the molecule is CCOC(=O)[C@H](C)C[C@@H](NC(=O)c1ccc(C(F)(F)F)cc1)C(=O)O. The van der Waals surface area contributed by atoms with Crippen molar-refractivity contribution in [3.63, 3.8) is 0 Å². The zero-order chi connectivity index (χ0) is 19.2. The molecule has 138 valence electrons. The number of esters is 1. The van der Waals surface area contributed by atoms with E-state index in [4.69, 9.17) is 9.84 Å². The van der Waals surface area contributed by atoms with Crippen molar-refractivity contribution in [3.05, 3.63) is 35.4 Å². The third-order valence-corrected chi connectivity index (χ3v) is 3.36. The van der Waals surface area contributed by atoms with Gasteiger partial charge >= 0.3 is 18.1 Å². The molecule has 1 aromatic carbocycles. The summed E-state index contributed by atoms with van der Waals surface area (Å²) in [6, 6.07) is 1.98. The van der Waals surface area contributed by atoms with E-state index in [9.17, 15) is 27.6 Å². The molecule has 2 N–H and O–H groups in total. The molecule has 0 unspecified atom stereocenters. The molecule has 1 amide bonds. The number of nitrogens with one attached hydrogen (secondary N) is 1. The molecule has 0 heterocycles. The number of aliphatic carboxylic acids is 1. The van der Waals surface area contributed by atoms with E-state index in [1.54, 1.807) is 6.92 Å². The van der Waals surface area contributed by atoms with Crippen molar-refractivity contribution in [3.8, 4) is 0 Å². The van der Waals surface area contributed by atoms with Gasteiger partial charge in [0.15, 0.2) is 0 Å². The largest absolute Gasteiger partial charge is 0.480 e. The second-order valence-electron chi connectivity index (χ2n) is 5.33. The fourth-order valence-electron chi connectivity index (χ4n) is 2.01. The molecule has 0 fully saturated rings. The molecule has 1 aromatic rings. The highest BCUT2D eigenvalue weighted by atomic mass is 19.4. The lowest BCUT2D eigenvalue weighted by molar-refractivity contribution is -0.148. The van der Waals surface area contributed by atoms with Crippen LogP contribution in [0, 0.1) is 5.92 Å². The van der Waals surface area contributed by atoms with Gasteiger partial charge in [-0.05, 0) is 37.6 Å². The molecule has 0 aliphatic rings. The lowest BCUT2D eigenvalue weighted by Gasteiger charge is -2.18. The molecule has 0 saturated carbocycles. The number of hydrogen-bond donors (Lipinski definition) is 2. The zero-order valence-electron chi connectivity index (χ0n) is 13.6. The van der Waals surface area contributed by atoms with Crippen molar-refractivity contribution in [1.29, 1.82) is 0 Å². The second kappa shape index (κ2) is 8.50. The van der Waals surface area contributed by atoms with Gasteiger partial charge in [0, 0.05) is 5.56 Å². The standard InChI is InChI=1S/C16H18F3NO5/c1-3-25-15(24)9(2)8-12(14(22)23)20-13(21)10-4-6-11(7-5-10)16(17,18)19/h4-7,9,12H,3,8H2,1-2H3,(H,20,21)(H,22,23)/t9-,12-/m1/s1. The summed E-state index contributed by atoms with van der Waals surface area (Å²) in [5.41, 5.74) is -1.04. The van der Waals surface area contributed by atoms with Crippen LogP contribution in [-0.4, -0.2) is 35.6 Å². The molecule has 0 aliphatic heterocycles. The van der Waals surface area contributed by atoms with Crippen molar-refractivity contribution in [2.75, 3.05) is 6.61 Å². The summed E-state index contributed by atoms with van der Waals surface area (Å²) in [6.45, 7) is 3.20. The third-order valence-electron chi connectivity index (χ3n) is 3.36. The number of alkyl halides is 3. The van der Waals surface area contributed by atoms with E-state index in [1.165, 1.54) is 6.92 Å². The van der Waals surface area contributed by atoms with Gasteiger partial charge in [-0.1, -0.05) is 6.92 Å². The minimum Gasteiger partial charge on any atom is -0.480 e. The number of hydrogen-bond acceptors (Lipinski definition) is 4. The minimum absolute atomic E-state index is 0.122. The molecule has 9 heteroatoms. The maximum Gasteiger partial charge on any atom is 0.416 e. The fraction of sp³-hybridized carbons (Fsp3) is 0.438. The predicted octanol–water partition coefficient (Wildman–Crippen LogP) is 2.48. The van der Waals surface area contributed by atoms with Crippen LogP contribution in [0.2, 0.25) is 0 Å². The fourth-order valence-corrected chi connectivity index (χ4v) is 2.01. The number of benzene rings is 1. The van der Waals surface area contributed by atoms with E-state index < -0.39 is 41.5 Å². The van der Waals surface area contributed by atoms with Gasteiger partial charge < -0.3 is 15.2 Å². The number of carboxylic acids is 1. The second-order valence-corrected chi connectivity index (χ2v) is 5.33. The van der Waals surface area contributed by atoms with Gasteiger partial charge in [-0.3, -0.25) is 9.59 Å². The highest BCUT2D eigenvalue weighted by Crippen LogP contribution is 2.29. The van der Waals surface area contributed by atoms with E-state index in [-0.39, 0.29) is 18.6 Å². The van der Waals surface area contributed by atoms with E-state index in [0.717, 1.165) is 24.3 Å². The van der Waals surface area contributed by atoms with Crippen molar-refractivity contribution in [1.82, 2.24) is 5.32 Å². The number of halogens is 3. The minimum atomic E-state index is -4.53. The topological polar surface area (TPSA) is 92.7 Å². The Bertz CT molecular complexity index is 628. The first-order chi connectivity index (χ1) is 11.6. The van der Waals surface area contributed by atoms with Gasteiger partial charge in [-0.2, -0.15) is 13.2 Å². The predicted molar refractivity (Wildman–Crippen MR) is 80.7 cm³/mol. The van der Waals surface area contributed by atoms with Crippen molar-refractivity contribution in [2.45, 2.75) is 32.5 Å². The first kappa shape index (κ1) is 20.5. The van der Waals surface area contributed by atoms with Crippen molar-refractivity contribution < 1.29 is 37.4 Å². The Morgan fingerprint density at radius 2 is 1.76 bits per heavy atom. The normalized spacial score (nSPS) is 13.6. The summed E-state index contributed by atoms with van der Waals surface area (Å²) in [4.78, 5) is 34.8. The van der Waals surface area contributed by atoms with Crippen molar-refractivity contribution in [2.24, 2.45) is 5.92 Å². The number of ether oxygens (including phenoxy) is 1. The molecule has 25 heavy (non-hydrogen) atoms. The molecule has 0 radical (unpaired) electrons. The molecule has 0 aromatic heterocycles. The van der Waals surface area contributed by atoms with Crippen LogP contribution in [0.4, 0.5) is 13.2 Å². The van der Waals surface area contributed by atoms with Gasteiger partial charge in [-0.15, -0.1) is 0 Å². The lowest BCUT2D eigenvalue weighted by Crippen LogP contribution is -2.42. The van der Waals surface area contributed by atoms with Gasteiger partial charge in [0.25, 0.3) is 5.91 Å². The van der Waals surface area contributed by atoms with Crippen LogP contribution < -0.4 is 5.32 Å². The molecular formula is C16H18F3NO5. The Morgan fingerprint density at radius 3 is 2.20 bits per heavy atom. The summed E-state index contributed by atoms with van der Waals surface area (Å²) in [5, 5.41) is 11.4. The molecule has 0 spiro atoms. The number of amides is 1. The van der Waals surface area contributed by atoms with Gasteiger partial charge in [0.05, 0.1) is 18.1 Å². The van der Waals surface area contributed by atoms with Crippen LogP contribution in [0.25, 0.3) is 0 Å². The summed E-state index contributed by atoms with van der Waals surface area (Å²) >= 11 is 0. The van der Waals surface area contributed by atoms with E-state index in [1.807, 2.05) is 0 Å². The Morgan fingerprint density at radius 1 is 1.20 bits per heavy atom. The average molecular weight is 361 g/mol. The molecule has 1 rings (SSSR count). The van der Waals surface area contributed by atoms with Crippen LogP contribution in [0.3, 0.4) is 0 Å². The summed E-state index contributed by atoms with van der Waals surface area (Å²) in [6.07, 6.45) is -4.74. The summed E-state index contributed by atoms with van der Waals surface area (Å²) in [5.74, 6) is -3.58. The van der Waals surface area contributed by atoms with Crippen LogP contribution >= 0.6 is 0 Å². The Labute approximate surface area is 142 Å². The van der Waals surface area contributed by atoms with E-state index in [2.05, 4.69) is 5.32 Å². The smallest absolute Gasteiger partial charge is 0.416 e. The quantitative estimate of drug-likeness (QED) is 0.728. The highest BCUT2D eigenvalue weighted by Gasteiger charge is 2.31. The maximum atomic E-state index is 12.5. The van der Waals surface area contributed by atoms with Gasteiger partial charge in [-0.25, -0.2) is 4.79 Å². The Kier molecular flexibility index (Phi) is 6.96. The Hall–Kier alpha value is -2.58. The van der Waals surface area contributed by atoms with Crippen LogP contribution in [0.5, 0.6) is 0 Å². The summed E-state index contributed by atoms with van der Waals surface area (Å²) < 4.78 is 42.3. The van der Waals surface area contributed by atoms with E-state index >= 15 is 0 Å². The number of carbonyl (C=O) groups excluding carboxylic acids is 2. The maximum absolute atomic E-state index is 12.5. The highest BCUT2D eigenvalue weighted by molar-refractivity contribution is 5.96. The molecule has 0 aliphatic carbocycles. The lowest BCUT2D eigenvalue weighted by atomic mass is 10.0. The first-order valence-corrected chi connectivity index (χ1v) is 7.43. The number of carboxylic acid groups (broad SMARTS) is 1. The van der Waals surface area contributed by atoms with Crippen LogP contribution in [0.15, 0.2) is 24.3 Å². The third kappa shape index (κ3) is 6.09.